The highest BCUT2D eigenvalue weighted by atomic mass is 35.5. The highest BCUT2D eigenvalue weighted by molar-refractivity contribution is 7.92. The average Bonchev–Trinajstić information content (AvgIpc) is 3.01. The first kappa shape index (κ1) is 32.1. The van der Waals surface area contributed by atoms with Crippen LogP contribution >= 0.6 is 11.6 Å². The lowest BCUT2D eigenvalue weighted by Crippen LogP contribution is -2.48. The van der Waals surface area contributed by atoms with E-state index in [0.717, 1.165) is 0 Å². The Kier molecular flexibility index (Phi) is 10.2. The third kappa shape index (κ3) is 8.15. The minimum atomic E-state index is -3.94. The molecule has 3 amide bonds. The number of anilines is 2. The summed E-state index contributed by atoms with van der Waals surface area (Å²) in [6.07, 6.45) is -0.685. The number of sulfonamides is 1. The maximum Gasteiger partial charge on any atom is 0.321 e. The van der Waals surface area contributed by atoms with Crippen LogP contribution in [0.4, 0.5) is 20.6 Å². The fourth-order valence-electron chi connectivity index (χ4n) is 4.64. The molecule has 0 saturated carbocycles. The Labute approximate surface area is 255 Å². The van der Waals surface area contributed by atoms with Gasteiger partial charge in [0, 0.05) is 41.5 Å². The molecule has 0 unspecified atom stereocenters. The molecule has 0 radical (unpaired) electrons. The van der Waals surface area contributed by atoms with Gasteiger partial charge in [-0.15, -0.1) is 0 Å². The van der Waals surface area contributed by atoms with Crippen LogP contribution in [0.3, 0.4) is 0 Å². The Balaban J connectivity index is 1.61. The first-order valence-corrected chi connectivity index (χ1v) is 15.5. The molecule has 4 rings (SSSR count). The van der Waals surface area contributed by atoms with Gasteiger partial charge < -0.3 is 25.0 Å². The Morgan fingerprint density at radius 3 is 2.44 bits per heavy atom. The molecule has 1 aliphatic rings. The third-order valence-corrected chi connectivity index (χ3v) is 8.84. The van der Waals surface area contributed by atoms with Crippen LogP contribution in [-0.4, -0.2) is 74.2 Å². The summed E-state index contributed by atoms with van der Waals surface area (Å²) in [5, 5.41) is 13.0. The van der Waals surface area contributed by atoms with Crippen LogP contribution in [0.1, 0.15) is 19.4 Å². The van der Waals surface area contributed by atoms with Gasteiger partial charge in [-0.25, -0.2) is 17.6 Å². The van der Waals surface area contributed by atoms with Crippen molar-refractivity contribution in [2.45, 2.75) is 37.3 Å². The predicted octanol–water partition coefficient (Wildman–Crippen LogP) is 4.59. The lowest BCUT2D eigenvalue weighted by molar-refractivity contribution is -0.134. The van der Waals surface area contributed by atoms with E-state index in [1.807, 2.05) is 6.92 Å². The first-order chi connectivity index (χ1) is 20.4. The van der Waals surface area contributed by atoms with Gasteiger partial charge in [0.05, 0.1) is 30.5 Å². The van der Waals surface area contributed by atoms with Gasteiger partial charge in [0.15, 0.2) is 0 Å². The molecule has 3 atom stereocenters. The zero-order valence-corrected chi connectivity index (χ0v) is 25.5. The fourth-order valence-corrected chi connectivity index (χ4v) is 5.82. The quantitative estimate of drug-likeness (QED) is 0.333. The summed E-state index contributed by atoms with van der Waals surface area (Å²) < 4.78 is 48.2. The molecule has 3 N–H and O–H groups in total. The third-order valence-electron chi connectivity index (χ3n) is 7.19. The van der Waals surface area contributed by atoms with Crippen LogP contribution in [0.2, 0.25) is 5.02 Å². The van der Waals surface area contributed by atoms with E-state index in [-0.39, 0.29) is 48.5 Å². The molecule has 0 aliphatic carbocycles. The molecule has 1 heterocycles. The van der Waals surface area contributed by atoms with Gasteiger partial charge in [-0.3, -0.25) is 9.52 Å². The number of benzene rings is 3. The standard InChI is InChI=1S/C30H34ClFN4O6S/c1-19-16-36(20(2)18-37)29(38)15-21-14-25(34-43(40,41)26-11-4-22(31)5-12-26)10-13-27(21)42-28(19)17-35(3)30(39)33-24-8-6-23(32)7-9-24/h4-14,19-20,28,34,37H,15-18H2,1-3H3,(H,33,39)/t19-,20-,28-/m1/s1. The predicted molar refractivity (Wildman–Crippen MR) is 162 cm³/mol. The van der Waals surface area contributed by atoms with Crippen LogP contribution in [0.25, 0.3) is 0 Å². The van der Waals surface area contributed by atoms with E-state index in [1.165, 1.54) is 59.5 Å². The number of urea groups is 1. The minimum absolute atomic E-state index is 0.0200. The number of aliphatic hydroxyl groups excluding tert-OH is 1. The number of aliphatic hydroxyl groups is 1. The molecule has 3 aromatic rings. The van der Waals surface area contributed by atoms with Crippen molar-refractivity contribution in [3.63, 3.8) is 0 Å². The van der Waals surface area contributed by atoms with E-state index in [9.17, 15) is 27.5 Å². The molecule has 0 spiro atoms. The SMILES string of the molecule is C[C@@H]1CN([C@H](C)CO)C(=O)Cc2cc(NS(=O)(=O)c3ccc(Cl)cc3)ccc2O[C@@H]1CN(C)C(=O)Nc1ccc(F)cc1. The van der Waals surface area contributed by atoms with Crippen molar-refractivity contribution < 1.29 is 32.2 Å². The number of carbonyl (C=O) groups is 2. The number of rotatable bonds is 8. The van der Waals surface area contributed by atoms with Crippen LogP contribution in [0, 0.1) is 11.7 Å². The molecular formula is C30H34ClFN4O6S. The number of likely N-dealkylation sites (N-methyl/N-ethyl adjacent to an activating group) is 1. The maximum absolute atomic E-state index is 13.4. The topological polar surface area (TPSA) is 128 Å². The fraction of sp³-hybridized carbons (Fsp3) is 0.333. The number of ether oxygens (including phenoxy) is 1. The lowest BCUT2D eigenvalue weighted by Gasteiger charge is -2.34. The second kappa shape index (κ2) is 13.6. The zero-order chi connectivity index (χ0) is 31.3. The number of amides is 3. The van der Waals surface area contributed by atoms with E-state index in [4.69, 9.17) is 16.3 Å². The Bertz CT molecular complexity index is 1560. The molecule has 13 heteroatoms. The molecule has 0 aromatic heterocycles. The van der Waals surface area contributed by atoms with Crippen molar-refractivity contribution in [1.82, 2.24) is 9.80 Å². The molecule has 0 saturated heterocycles. The summed E-state index contributed by atoms with van der Waals surface area (Å²) in [6, 6.07) is 14.9. The van der Waals surface area contributed by atoms with E-state index in [2.05, 4.69) is 10.0 Å². The highest BCUT2D eigenvalue weighted by Gasteiger charge is 2.32. The van der Waals surface area contributed by atoms with Crippen molar-refractivity contribution in [1.29, 1.82) is 0 Å². The summed E-state index contributed by atoms with van der Waals surface area (Å²) in [5.41, 5.74) is 1.09. The van der Waals surface area contributed by atoms with Crippen LogP contribution in [0.15, 0.2) is 71.6 Å². The second-order valence-electron chi connectivity index (χ2n) is 10.6. The summed E-state index contributed by atoms with van der Waals surface area (Å²) in [5.74, 6) is -0.590. The van der Waals surface area contributed by atoms with Crippen molar-refractivity contribution in [3.05, 3.63) is 83.1 Å². The molecule has 0 fully saturated rings. The summed E-state index contributed by atoms with van der Waals surface area (Å²) in [6.45, 7) is 3.76. The van der Waals surface area contributed by atoms with E-state index in [0.29, 0.717) is 22.0 Å². The lowest BCUT2D eigenvalue weighted by atomic mass is 10.0. The van der Waals surface area contributed by atoms with Crippen molar-refractivity contribution in [3.8, 4) is 5.75 Å². The van der Waals surface area contributed by atoms with Crippen molar-refractivity contribution in [2.75, 3.05) is 36.8 Å². The maximum atomic E-state index is 13.4. The molecular weight excluding hydrogens is 599 g/mol. The number of fused-ring (bicyclic) bond motifs is 1. The van der Waals surface area contributed by atoms with Gasteiger partial charge in [0.1, 0.15) is 17.7 Å². The molecule has 1 aliphatic heterocycles. The number of carbonyl (C=O) groups excluding carboxylic acids is 2. The Morgan fingerprint density at radius 2 is 1.79 bits per heavy atom. The van der Waals surface area contributed by atoms with Gasteiger partial charge in [-0.2, -0.15) is 0 Å². The van der Waals surface area contributed by atoms with Crippen molar-refractivity contribution >= 4 is 44.9 Å². The number of nitrogens with one attached hydrogen (secondary N) is 2. The largest absolute Gasteiger partial charge is 0.488 e. The normalized spacial score (nSPS) is 17.9. The molecule has 43 heavy (non-hydrogen) atoms. The minimum Gasteiger partial charge on any atom is -0.488 e. The van der Waals surface area contributed by atoms with Gasteiger partial charge in [-0.05, 0) is 73.7 Å². The molecule has 230 valence electrons. The smallest absolute Gasteiger partial charge is 0.321 e. The van der Waals surface area contributed by atoms with E-state index < -0.39 is 34.0 Å². The van der Waals surface area contributed by atoms with Gasteiger partial charge in [0.25, 0.3) is 10.0 Å². The van der Waals surface area contributed by atoms with Crippen LogP contribution < -0.4 is 14.8 Å². The number of nitrogens with zero attached hydrogens (tertiary/aromatic N) is 2. The van der Waals surface area contributed by atoms with E-state index >= 15 is 0 Å². The second-order valence-corrected chi connectivity index (χ2v) is 12.7. The molecule has 0 bridgehead atoms. The number of hydrogen-bond donors (Lipinski definition) is 3. The highest BCUT2D eigenvalue weighted by Crippen LogP contribution is 2.30. The Hall–Kier alpha value is -3.87. The zero-order valence-electron chi connectivity index (χ0n) is 24.0. The van der Waals surface area contributed by atoms with E-state index in [1.54, 1.807) is 31.0 Å². The van der Waals surface area contributed by atoms with Gasteiger partial charge in [-0.1, -0.05) is 18.5 Å². The van der Waals surface area contributed by atoms with Gasteiger partial charge in [0.2, 0.25) is 5.91 Å². The summed E-state index contributed by atoms with van der Waals surface area (Å²) >= 11 is 5.90. The molecule has 3 aromatic carbocycles. The monoisotopic (exact) mass is 632 g/mol. The average molecular weight is 633 g/mol. The van der Waals surface area contributed by atoms with Crippen LogP contribution in [0.5, 0.6) is 5.75 Å². The first-order valence-electron chi connectivity index (χ1n) is 13.6. The summed E-state index contributed by atoms with van der Waals surface area (Å²) in [4.78, 5) is 29.4. The number of hydrogen-bond acceptors (Lipinski definition) is 6. The Morgan fingerprint density at radius 1 is 1.14 bits per heavy atom. The summed E-state index contributed by atoms with van der Waals surface area (Å²) in [7, 11) is -2.35. The molecule has 10 nitrogen and oxygen atoms in total. The van der Waals surface area contributed by atoms with Crippen LogP contribution in [-0.2, 0) is 21.2 Å². The van der Waals surface area contributed by atoms with Crippen molar-refractivity contribution in [2.24, 2.45) is 5.92 Å². The van der Waals surface area contributed by atoms with Gasteiger partial charge >= 0.3 is 6.03 Å². The number of halogens is 2.